The van der Waals surface area contributed by atoms with Crippen LogP contribution in [0.3, 0.4) is 0 Å². The van der Waals surface area contributed by atoms with Crippen molar-refractivity contribution >= 4 is 28.8 Å². The number of ether oxygens (including phenoxy) is 1. The minimum absolute atomic E-state index is 0.352. The Morgan fingerprint density at radius 1 is 0.931 bits per heavy atom. The molecular formula is C22H16Cl2FN3O. The van der Waals surface area contributed by atoms with Crippen molar-refractivity contribution in [3.8, 4) is 11.5 Å². The van der Waals surface area contributed by atoms with E-state index in [0.717, 1.165) is 5.56 Å². The van der Waals surface area contributed by atoms with Crippen molar-refractivity contribution in [1.82, 2.24) is 14.6 Å². The fraction of sp³-hybridized carbons (Fsp3) is 0.182. The molecule has 0 radical (unpaired) electrons. The van der Waals surface area contributed by atoms with Crippen LogP contribution in [0.25, 0.3) is 5.65 Å². The van der Waals surface area contributed by atoms with Gasteiger partial charge < -0.3 is 4.74 Å². The van der Waals surface area contributed by atoms with Crippen molar-refractivity contribution in [2.24, 2.45) is 0 Å². The summed E-state index contributed by atoms with van der Waals surface area (Å²) in [5, 5.41) is 9.95. The van der Waals surface area contributed by atoms with Crippen LogP contribution in [0.1, 0.15) is 24.2 Å². The van der Waals surface area contributed by atoms with Gasteiger partial charge in [0.15, 0.2) is 5.75 Å². The number of halogens is 3. The van der Waals surface area contributed by atoms with Crippen molar-refractivity contribution in [1.29, 1.82) is 0 Å². The maximum atomic E-state index is 14.1. The summed E-state index contributed by atoms with van der Waals surface area (Å²) in [6, 6.07) is 18.4. The van der Waals surface area contributed by atoms with Gasteiger partial charge in [-0.3, -0.25) is 4.40 Å². The first-order valence-corrected chi connectivity index (χ1v) is 9.99. The lowest BCUT2D eigenvalue weighted by atomic mass is 9.62. The van der Waals surface area contributed by atoms with Gasteiger partial charge in [-0.15, -0.1) is 10.2 Å². The van der Waals surface area contributed by atoms with E-state index in [1.54, 1.807) is 12.1 Å². The highest BCUT2D eigenvalue weighted by Crippen LogP contribution is 2.50. The van der Waals surface area contributed by atoms with E-state index in [2.05, 4.69) is 10.2 Å². The summed E-state index contributed by atoms with van der Waals surface area (Å²) in [5.41, 5.74) is 0.979. The van der Waals surface area contributed by atoms with Gasteiger partial charge in [-0.05, 0) is 54.8 Å². The molecule has 1 fully saturated rings. The van der Waals surface area contributed by atoms with Gasteiger partial charge in [-0.2, -0.15) is 0 Å². The van der Waals surface area contributed by atoms with Crippen LogP contribution in [0.15, 0.2) is 66.9 Å². The van der Waals surface area contributed by atoms with E-state index in [1.165, 1.54) is 0 Å². The predicted molar refractivity (Wildman–Crippen MR) is 111 cm³/mol. The quantitative estimate of drug-likeness (QED) is 0.386. The van der Waals surface area contributed by atoms with Crippen molar-refractivity contribution in [3.63, 3.8) is 0 Å². The highest BCUT2D eigenvalue weighted by Gasteiger charge is 2.50. The molecular weight excluding hydrogens is 412 g/mol. The number of hydrogen-bond acceptors (Lipinski definition) is 3. The van der Waals surface area contributed by atoms with Crippen molar-refractivity contribution in [2.75, 3.05) is 0 Å². The Balaban J connectivity index is 1.61. The Morgan fingerprint density at radius 3 is 2.38 bits per heavy atom. The Labute approximate surface area is 176 Å². The van der Waals surface area contributed by atoms with Crippen LogP contribution in [0, 0.1) is 0 Å². The predicted octanol–water partition coefficient (Wildman–Crippen LogP) is 6.25. The van der Waals surface area contributed by atoms with Crippen molar-refractivity contribution in [2.45, 2.75) is 24.4 Å². The molecule has 4 aromatic rings. The lowest BCUT2D eigenvalue weighted by molar-refractivity contribution is 0.116. The minimum Gasteiger partial charge on any atom is -0.452 e. The summed E-state index contributed by atoms with van der Waals surface area (Å²) >= 11 is 12.3. The van der Waals surface area contributed by atoms with Crippen LogP contribution < -0.4 is 4.74 Å². The molecule has 2 heterocycles. The molecule has 1 aliphatic carbocycles. The second-order valence-corrected chi connectivity index (χ2v) is 8.06. The molecule has 146 valence electrons. The Kier molecular flexibility index (Phi) is 4.45. The first-order chi connectivity index (χ1) is 14.1. The van der Waals surface area contributed by atoms with E-state index in [1.807, 2.05) is 59.1 Å². The molecule has 0 aliphatic heterocycles. The van der Waals surface area contributed by atoms with Crippen LogP contribution >= 0.6 is 23.2 Å². The zero-order chi connectivity index (χ0) is 20.0. The monoisotopic (exact) mass is 427 g/mol. The highest BCUT2D eigenvalue weighted by molar-refractivity contribution is 6.32. The third kappa shape index (κ3) is 3.05. The molecule has 2 aromatic heterocycles. The largest absolute Gasteiger partial charge is 0.452 e. The molecule has 29 heavy (non-hydrogen) atoms. The molecule has 0 bridgehead atoms. The third-order valence-corrected chi connectivity index (χ3v) is 5.98. The van der Waals surface area contributed by atoms with Gasteiger partial charge in [0.05, 0.1) is 10.4 Å². The zero-order valence-corrected chi connectivity index (χ0v) is 16.7. The molecule has 2 aromatic carbocycles. The normalized spacial score (nSPS) is 21.1. The number of fused-ring (bicyclic) bond motifs is 1. The van der Waals surface area contributed by atoms with E-state index >= 15 is 0 Å². The number of aromatic nitrogens is 3. The summed E-state index contributed by atoms with van der Waals surface area (Å²) < 4.78 is 21.9. The molecule has 1 aliphatic rings. The minimum atomic E-state index is -0.874. The number of benzene rings is 2. The lowest BCUT2D eigenvalue weighted by Crippen LogP contribution is -2.45. The Morgan fingerprint density at radius 2 is 1.66 bits per heavy atom. The molecule has 0 amide bonds. The van der Waals surface area contributed by atoms with Crippen molar-refractivity contribution < 1.29 is 9.13 Å². The molecule has 1 saturated carbocycles. The molecule has 0 atom stereocenters. The summed E-state index contributed by atoms with van der Waals surface area (Å²) in [5.74, 6) is 1.75. The van der Waals surface area contributed by atoms with Crippen LogP contribution in [0.2, 0.25) is 10.0 Å². The van der Waals surface area contributed by atoms with Crippen molar-refractivity contribution in [3.05, 3.63) is 88.3 Å². The van der Waals surface area contributed by atoms with Gasteiger partial charge in [0.25, 0.3) is 0 Å². The van der Waals surface area contributed by atoms with E-state index in [-0.39, 0.29) is 0 Å². The average molecular weight is 428 g/mol. The van der Waals surface area contributed by atoms with Gasteiger partial charge >= 0.3 is 0 Å². The third-order valence-electron chi connectivity index (χ3n) is 5.42. The molecule has 4 nitrogen and oxygen atoms in total. The molecule has 7 heteroatoms. The first-order valence-electron chi connectivity index (χ1n) is 9.23. The van der Waals surface area contributed by atoms with Gasteiger partial charge in [-0.1, -0.05) is 47.5 Å². The molecule has 0 saturated heterocycles. The SMILES string of the molecule is FC1CC(c2ccc(Cl)cc2)(c2nnc3c(Oc4ccccc4Cl)cccn23)C1. The second kappa shape index (κ2) is 7.01. The maximum absolute atomic E-state index is 14.1. The molecule has 5 rings (SSSR count). The zero-order valence-electron chi connectivity index (χ0n) is 15.2. The fourth-order valence-corrected chi connectivity index (χ4v) is 4.26. The number of rotatable bonds is 4. The van der Waals surface area contributed by atoms with E-state index in [4.69, 9.17) is 27.9 Å². The smallest absolute Gasteiger partial charge is 0.203 e. The summed E-state index contributed by atoms with van der Waals surface area (Å²) in [4.78, 5) is 0. The van der Waals surface area contributed by atoms with E-state index < -0.39 is 11.6 Å². The summed E-state index contributed by atoms with van der Waals surface area (Å²) in [6.07, 6.45) is 1.70. The molecule has 0 spiro atoms. The number of alkyl halides is 1. The number of pyridine rings is 1. The van der Waals surface area contributed by atoms with Crippen LogP contribution in [0.4, 0.5) is 4.39 Å². The van der Waals surface area contributed by atoms with Gasteiger partial charge in [0.2, 0.25) is 5.65 Å². The standard InChI is InChI=1S/C22H16Cl2FN3O/c23-15-9-7-14(8-10-15)22(12-16(25)13-22)21-27-26-20-19(6-3-11-28(20)21)29-18-5-2-1-4-17(18)24/h1-11,16H,12-13H2. The maximum Gasteiger partial charge on any atom is 0.203 e. The second-order valence-electron chi connectivity index (χ2n) is 7.22. The van der Waals surface area contributed by atoms with Crippen LogP contribution in [-0.2, 0) is 5.41 Å². The summed E-state index contributed by atoms with van der Waals surface area (Å²) in [6.45, 7) is 0. The van der Waals surface area contributed by atoms with Crippen LogP contribution in [0.5, 0.6) is 11.5 Å². The Hall–Kier alpha value is -2.63. The topological polar surface area (TPSA) is 39.4 Å². The van der Waals surface area contributed by atoms with Crippen LogP contribution in [-0.4, -0.2) is 20.8 Å². The molecule has 0 unspecified atom stereocenters. The van der Waals surface area contributed by atoms with Gasteiger partial charge in [0, 0.05) is 11.2 Å². The fourth-order valence-electron chi connectivity index (χ4n) is 3.96. The number of nitrogens with zero attached hydrogens (tertiary/aromatic N) is 3. The Bertz CT molecular complexity index is 1190. The summed E-state index contributed by atoms with van der Waals surface area (Å²) in [7, 11) is 0. The van der Waals surface area contributed by atoms with Gasteiger partial charge in [0.1, 0.15) is 17.7 Å². The molecule has 0 N–H and O–H groups in total. The van der Waals surface area contributed by atoms with E-state index in [9.17, 15) is 4.39 Å². The highest BCUT2D eigenvalue weighted by atomic mass is 35.5. The van der Waals surface area contributed by atoms with E-state index in [0.29, 0.717) is 45.9 Å². The van der Waals surface area contributed by atoms with Gasteiger partial charge in [-0.25, -0.2) is 4.39 Å². The average Bonchev–Trinajstić information content (AvgIpc) is 3.13. The first kappa shape index (κ1) is 18.4. The number of para-hydroxylation sites is 1. The lowest BCUT2D eigenvalue weighted by Gasteiger charge is -2.43. The number of hydrogen-bond donors (Lipinski definition) is 0.